The van der Waals surface area contributed by atoms with E-state index < -0.39 is 0 Å². The van der Waals surface area contributed by atoms with Crippen LogP contribution in [-0.4, -0.2) is 9.97 Å². The van der Waals surface area contributed by atoms with Crippen molar-refractivity contribution in [3.8, 4) is 11.3 Å². The molecule has 4 aromatic rings. The molecule has 0 unspecified atom stereocenters. The van der Waals surface area contributed by atoms with E-state index in [2.05, 4.69) is 49.4 Å². The number of hydrogen-bond donors (Lipinski definition) is 0. The molecule has 2 aromatic heterocycles. The highest BCUT2D eigenvalue weighted by Gasteiger charge is 2.24. The van der Waals surface area contributed by atoms with E-state index in [4.69, 9.17) is 9.97 Å². The number of fused-ring (bicyclic) bond motifs is 3. The summed E-state index contributed by atoms with van der Waals surface area (Å²) in [5.74, 6) is 0.727. The van der Waals surface area contributed by atoms with Gasteiger partial charge < -0.3 is 0 Å². The van der Waals surface area contributed by atoms with Crippen molar-refractivity contribution in [1.82, 2.24) is 9.97 Å². The Bertz CT molecular complexity index is 1220. The van der Waals surface area contributed by atoms with Gasteiger partial charge in [-0.3, -0.25) is 9.97 Å². The largest absolute Gasteiger partial charge is 0.256 e. The second-order valence-corrected chi connectivity index (χ2v) is 8.94. The van der Waals surface area contributed by atoms with E-state index in [9.17, 15) is 0 Å². The molecule has 1 aliphatic heterocycles. The Balaban J connectivity index is 1.61. The molecule has 27 heavy (non-hydrogen) atoms. The van der Waals surface area contributed by atoms with Crippen LogP contribution >= 0.6 is 11.8 Å². The van der Waals surface area contributed by atoms with Gasteiger partial charge in [0.1, 0.15) is 0 Å². The Morgan fingerprint density at radius 1 is 0.926 bits per heavy atom. The van der Waals surface area contributed by atoms with Crippen LogP contribution < -0.4 is 0 Å². The molecule has 1 saturated carbocycles. The van der Waals surface area contributed by atoms with Crippen molar-refractivity contribution < 1.29 is 0 Å². The Hall–Kier alpha value is -2.39. The second-order valence-electron chi connectivity index (χ2n) is 7.85. The lowest BCUT2D eigenvalue weighted by molar-refractivity contribution is 0.722. The van der Waals surface area contributed by atoms with Crippen molar-refractivity contribution in [2.45, 2.75) is 48.3 Å². The van der Waals surface area contributed by atoms with E-state index in [1.807, 2.05) is 18.0 Å². The third kappa shape index (κ3) is 2.41. The maximum absolute atomic E-state index is 4.80. The molecule has 0 spiro atoms. The topological polar surface area (TPSA) is 25.8 Å². The first-order chi connectivity index (χ1) is 13.3. The third-order valence-corrected chi connectivity index (χ3v) is 7.18. The smallest absolute Gasteiger partial charge is 0.0803 e. The van der Waals surface area contributed by atoms with Crippen LogP contribution in [0.15, 0.2) is 58.5 Å². The monoisotopic (exact) mass is 368 g/mol. The first-order valence-electron chi connectivity index (χ1n) is 9.78. The summed E-state index contributed by atoms with van der Waals surface area (Å²) in [4.78, 5) is 12.2. The predicted octanol–water partition coefficient (Wildman–Crippen LogP) is 6.88. The van der Waals surface area contributed by atoms with Gasteiger partial charge in [0.15, 0.2) is 0 Å². The van der Waals surface area contributed by atoms with Gasteiger partial charge in [-0.1, -0.05) is 36.7 Å². The maximum atomic E-state index is 4.80. The summed E-state index contributed by atoms with van der Waals surface area (Å²) in [6, 6.07) is 15.8. The standard InChI is InChI=1S/C24H20N2S/c1-14-6-7-16-11-19-21(13-20(16)26-14)27-22-12-18(15-4-2-3-5-15)10-17-8-9-25-24(19)23(17)22/h6-13,15H,2-5H2,1H3. The van der Waals surface area contributed by atoms with E-state index >= 15 is 0 Å². The van der Waals surface area contributed by atoms with E-state index in [1.54, 1.807) is 0 Å². The minimum absolute atomic E-state index is 0.727. The van der Waals surface area contributed by atoms with Crippen LogP contribution in [0.3, 0.4) is 0 Å². The van der Waals surface area contributed by atoms with Gasteiger partial charge in [-0.2, -0.15) is 0 Å². The number of aryl methyl sites for hydroxylation is 1. The number of benzene rings is 2. The zero-order valence-corrected chi connectivity index (χ0v) is 16.1. The molecule has 0 atom stereocenters. The van der Waals surface area contributed by atoms with Gasteiger partial charge in [0.2, 0.25) is 0 Å². The SMILES string of the molecule is Cc1ccc2cc3c(cc2n1)Sc1cc(C2CCCC2)cc2ccnc-3c12. The lowest BCUT2D eigenvalue weighted by Crippen LogP contribution is -1.99. The molecule has 0 amide bonds. The molecule has 1 aliphatic carbocycles. The summed E-state index contributed by atoms with van der Waals surface area (Å²) in [6.07, 6.45) is 7.37. The minimum atomic E-state index is 0.727. The Morgan fingerprint density at radius 3 is 2.70 bits per heavy atom. The summed E-state index contributed by atoms with van der Waals surface area (Å²) in [7, 11) is 0. The fourth-order valence-electron chi connectivity index (χ4n) is 4.72. The Labute approximate surface area is 163 Å². The summed E-state index contributed by atoms with van der Waals surface area (Å²) < 4.78 is 0. The molecule has 1 fully saturated rings. The van der Waals surface area contributed by atoms with Crippen molar-refractivity contribution in [3.05, 3.63) is 59.9 Å². The summed E-state index contributed by atoms with van der Waals surface area (Å²) in [5, 5.41) is 3.83. The van der Waals surface area contributed by atoms with Gasteiger partial charge in [0.05, 0.1) is 11.2 Å². The van der Waals surface area contributed by atoms with Crippen molar-refractivity contribution in [1.29, 1.82) is 0 Å². The van der Waals surface area contributed by atoms with E-state index in [0.717, 1.165) is 22.8 Å². The van der Waals surface area contributed by atoms with Crippen LogP contribution in [-0.2, 0) is 0 Å². The highest BCUT2D eigenvalue weighted by Crippen LogP contribution is 2.49. The van der Waals surface area contributed by atoms with Crippen molar-refractivity contribution >= 4 is 33.4 Å². The third-order valence-electron chi connectivity index (χ3n) is 6.08. The van der Waals surface area contributed by atoms with Gasteiger partial charge in [-0.15, -0.1) is 0 Å². The van der Waals surface area contributed by atoms with E-state index in [1.165, 1.54) is 62.8 Å². The molecule has 0 bridgehead atoms. The number of aromatic nitrogens is 2. The highest BCUT2D eigenvalue weighted by atomic mass is 32.2. The normalized spacial score (nSPS) is 16.2. The van der Waals surface area contributed by atoms with Crippen molar-refractivity contribution in [2.24, 2.45) is 0 Å². The molecule has 3 heteroatoms. The lowest BCUT2D eigenvalue weighted by Gasteiger charge is -2.22. The first-order valence-corrected chi connectivity index (χ1v) is 10.6. The fraction of sp³-hybridized carbons (Fsp3) is 0.250. The molecule has 0 N–H and O–H groups in total. The molecule has 3 heterocycles. The summed E-state index contributed by atoms with van der Waals surface area (Å²) in [5.41, 5.74) is 6.01. The van der Waals surface area contributed by atoms with Crippen LogP contribution in [0.4, 0.5) is 0 Å². The zero-order chi connectivity index (χ0) is 18.0. The first kappa shape index (κ1) is 15.6. The molecule has 2 aliphatic rings. The molecule has 0 saturated heterocycles. The van der Waals surface area contributed by atoms with Gasteiger partial charge in [-0.05, 0) is 67.0 Å². The maximum Gasteiger partial charge on any atom is 0.0803 e. The average Bonchev–Trinajstić information content (AvgIpc) is 3.21. The van der Waals surface area contributed by atoms with Gasteiger partial charge >= 0.3 is 0 Å². The van der Waals surface area contributed by atoms with Gasteiger partial charge in [-0.25, -0.2) is 0 Å². The minimum Gasteiger partial charge on any atom is -0.256 e. The van der Waals surface area contributed by atoms with Crippen LogP contribution in [0.5, 0.6) is 0 Å². The van der Waals surface area contributed by atoms with E-state index in [-0.39, 0.29) is 0 Å². The van der Waals surface area contributed by atoms with Crippen LogP contribution in [0.25, 0.3) is 32.9 Å². The summed E-state index contributed by atoms with van der Waals surface area (Å²) in [6.45, 7) is 2.05. The zero-order valence-electron chi connectivity index (χ0n) is 15.3. The van der Waals surface area contributed by atoms with Crippen LogP contribution in [0.2, 0.25) is 0 Å². The number of nitrogens with zero attached hydrogens (tertiary/aromatic N) is 2. The average molecular weight is 369 g/mol. The Kier molecular flexibility index (Phi) is 3.36. The summed E-state index contributed by atoms with van der Waals surface area (Å²) >= 11 is 1.89. The molecule has 0 radical (unpaired) electrons. The second kappa shape index (κ2) is 5.80. The van der Waals surface area contributed by atoms with Crippen molar-refractivity contribution in [2.75, 3.05) is 0 Å². The number of rotatable bonds is 1. The fourth-order valence-corrected chi connectivity index (χ4v) is 5.91. The number of hydrogen-bond acceptors (Lipinski definition) is 3. The number of pyridine rings is 2. The van der Waals surface area contributed by atoms with Crippen molar-refractivity contribution in [3.63, 3.8) is 0 Å². The molecule has 132 valence electrons. The van der Waals surface area contributed by atoms with E-state index in [0.29, 0.717) is 0 Å². The molecule has 2 aromatic carbocycles. The van der Waals surface area contributed by atoms with Crippen LogP contribution in [0.1, 0.15) is 42.9 Å². The van der Waals surface area contributed by atoms with Gasteiger partial charge in [0.25, 0.3) is 0 Å². The molecular formula is C24H20N2S. The molecule has 2 nitrogen and oxygen atoms in total. The lowest BCUT2D eigenvalue weighted by atomic mass is 9.93. The van der Waals surface area contributed by atoms with Crippen LogP contribution in [0, 0.1) is 6.92 Å². The van der Waals surface area contributed by atoms with Gasteiger partial charge in [0, 0.05) is 38.0 Å². The molecule has 6 rings (SSSR count). The predicted molar refractivity (Wildman–Crippen MR) is 113 cm³/mol. The quantitative estimate of drug-likeness (QED) is 0.322. The highest BCUT2D eigenvalue weighted by molar-refractivity contribution is 7.99. The Morgan fingerprint density at radius 2 is 1.81 bits per heavy atom. The molecular weight excluding hydrogens is 348 g/mol.